The second-order valence-corrected chi connectivity index (χ2v) is 3.33. The lowest BCUT2D eigenvalue weighted by Crippen LogP contribution is -2.07. The van der Waals surface area contributed by atoms with E-state index in [0.717, 1.165) is 22.9 Å². The quantitative estimate of drug-likeness (QED) is 0.807. The molecule has 0 aliphatic carbocycles. The zero-order valence-corrected chi connectivity index (χ0v) is 8.90. The normalized spacial score (nSPS) is 10.2. The predicted molar refractivity (Wildman–Crippen MR) is 55.5 cm³/mol. The maximum atomic E-state index is 6.03. The third-order valence-electron chi connectivity index (χ3n) is 2.03. The first-order valence-electron chi connectivity index (χ1n) is 4.16. The van der Waals surface area contributed by atoms with Gasteiger partial charge in [0.1, 0.15) is 5.75 Å². The maximum absolute atomic E-state index is 6.03. The van der Waals surface area contributed by atoms with Gasteiger partial charge in [0, 0.05) is 11.6 Å². The van der Waals surface area contributed by atoms with Crippen LogP contribution in [0, 0.1) is 6.92 Å². The fraction of sp³-hybridized carbons (Fsp3) is 0.400. The molecule has 0 aromatic heterocycles. The first kappa shape index (κ1) is 10.4. The molecular formula is C10H14ClNO. The molecule has 0 atom stereocenters. The Morgan fingerprint density at radius 3 is 2.69 bits per heavy atom. The lowest BCUT2D eigenvalue weighted by atomic mass is 10.1. The van der Waals surface area contributed by atoms with E-state index in [4.69, 9.17) is 16.3 Å². The number of nitrogens with one attached hydrogen (secondary N) is 1. The van der Waals surface area contributed by atoms with E-state index < -0.39 is 0 Å². The van der Waals surface area contributed by atoms with E-state index in [0.29, 0.717) is 0 Å². The van der Waals surface area contributed by atoms with Crippen molar-refractivity contribution >= 4 is 11.6 Å². The fourth-order valence-corrected chi connectivity index (χ4v) is 1.43. The van der Waals surface area contributed by atoms with Crippen LogP contribution < -0.4 is 10.1 Å². The number of halogens is 1. The maximum Gasteiger partial charge on any atom is 0.120 e. The van der Waals surface area contributed by atoms with Crippen LogP contribution in [0.4, 0.5) is 0 Å². The van der Waals surface area contributed by atoms with Crippen molar-refractivity contribution in [2.45, 2.75) is 13.5 Å². The molecule has 72 valence electrons. The van der Waals surface area contributed by atoms with Crippen LogP contribution in [0.25, 0.3) is 0 Å². The van der Waals surface area contributed by atoms with Gasteiger partial charge in [-0.2, -0.15) is 0 Å². The van der Waals surface area contributed by atoms with Crippen LogP contribution in [-0.2, 0) is 6.54 Å². The van der Waals surface area contributed by atoms with Gasteiger partial charge in [-0.15, -0.1) is 0 Å². The van der Waals surface area contributed by atoms with Crippen LogP contribution in [0.15, 0.2) is 12.1 Å². The number of ether oxygens (including phenoxy) is 1. The van der Waals surface area contributed by atoms with Gasteiger partial charge in [-0.05, 0) is 37.2 Å². The highest BCUT2D eigenvalue weighted by molar-refractivity contribution is 6.31. The van der Waals surface area contributed by atoms with Crippen LogP contribution in [-0.4, -0.2) is 14.2 Å². The summed E-state index contributed by atoms with van der Waals surface area (Å²) in [6, 6.07) is 3.83. The molecule has 1 aromatic carbocycles. The third-order valence-corrected chi connectivity index (χ3v) is 2.42. The van der Waals surface area contributed by atoms with Gasteiger partial charge in [0.2, 0.25) is 0 Å². The number of benzene rings is 1. The van der Waals surface area contributed by atoms with Gasteiger partial charge in [-0.3, -0.25) is 0 Å². The number of rotatable bonds is 3. The van der Waals surface area contributed by atoms with Crippen LogP contribution in [0.1, 0.15) is 11.1 Å². The molecule has 2 nitrogen and oxygen atoms in total. The molecule has 1 aromatic rings. The summed E-state index contributed by atoms with van der Waals surface area (Å²) >= 11 is 6.03. The molecule has 0 heterocycles. The summed E-state index contributed by atoms with van der Waals surface area (Å²) in [6.45, 7) is 2.82. The molecule has 0 spiro atoms. The molecule has 0 radical (unpaired) electrons. The second-order valence-electron chi connectivity index (χ2n) is 2.92. The van der Waals surface area contributed by atoms with Crippen molar-refractivity contribution in [3.63, 3.8) is 0 Å². The molecule has 13 heavy (non-hydrogen) atoms. The van der Waals surface area contributed by atoms with Gasteiger partial charge in [0.05, 0.1) is 7.11 Å². The van der Waals surface area contributed by atoms with Crippen molar-refractivity contribution in [2.24, 2.45) is 0 Å². The van der Waals surface area contributed by atoms with Crippen LogP contribution >= 0.6 is 11.6 Å². The molecule has 1 N–H and O–H groups in total. The molecule has 3 heteroatoms. The molecule has 1 rings (SSSR count). The SMILES string of the molecule is CNCc1cc(OC)cc(Cl)c1C. The predicted octanol–water partition coefficient (Wildman–Crippen LogP) is 2.38. The number of hydrogen-bond donors (Lipinski definition) is 1. The average Bonchev–Trinajstić information content (AvgIpc) is 2.13. The topological polar surface area (TPSA) is 21.3 Å². The van der Waals surface area contributed by atoms with E-state index in [9.17, 15) is 0 Å². The monoisotopic (exact) mass is 199 g/mol. The largest absolute Gasteiger partial charge is 0.497 e. The first-order chi connectivity index (χ1) is 6.19. The summed E-state index contributed by atoms with van der Waals surface area (Å²) in [5.74, 6) is 0.806. The molecule has 0 aliphatic rings. The Kier molecular flexibility index (Phi) is 3.58. The van der Waals surface area contributed by atoms with Gasteiger partial charge in [0.15, 0.2) is 0 Å². The summed E-state index contributed by atoms with van der Waals surface area (Å²) in [7, 11) is 3.55. The number of hydrogen-bond acceptors (Lipinski definition) is 2. The highest BCUT2D eigenvalue weighted by Crippen LogP contribution is 2.25. The van der Waals surface area contributed by atoms with E-state index in [1.54, 1.807) is 7.11 Å². The van der Waals surface area contributed by atoms with E-state index in [-0.39, 0.29) is 0 Å². The van der Waals surface area contributed by atoms with E-state index in [1.165, 1.54) is 5.56 Å². The summed E-state index contributed by atoms with van der Waals surface area (Å²) in [5.41, 5.74) is 2.28. The lowest BCUT2D eigenvalue weighted by molar-refractivity contribution is 0.414. The molecule has 0 saturated carbocycles. The molecule has 0 saturated heterocycles. The Hall–Kier alpha value is -0.730. The van der Waals surface area contributed by atoms with Crippen LogP contribution in [0.2, 0.25) is 5.02 Å². The summed E-state index contributed by atoms with van der Waals surface area (Å²) < 4.78 is 5.12. The van der Waals surface area contributed by atoms with E-state index >= 15 is 0 Å². The van der Waals surface area contributed by atoms with Crippen molar-refractivity contribution < 1.29 is 4.74 Å². The van der Waals surface area contributed by atoms with Gasteiger partial charge in [0.25, 0.3) is 0 Å². The Morgan fingerprint density at radius 1 is 1.46 bits per heavy atom. The van der Waals surface area contributed by atoms with Crippen molar-refractivity contribution in [3.8, 4) is 5.75 Å². The minimum atomic E-state index is 0.754. The zero-order valence-electron chi connectivity index (χ0n) is 8.15. The summed E-state index contributed by atoms with van der Waals surface area (Å²) in [5, 5.41) is 3.84. The van der Waals surface area contributed by atoms with Crippen LogP contribution in [0.3, 0.4) is 0 Å². The first-order valence-corrected chi connectivity index (χ1v) is 4.54. The smallest absolute Gasteiger partial charge is 0.120 e. The van der Waals surface area contributed by atoms with Gasteiger partial charge in [-0.25, -0.2) is 0 Å². The highest BCUT2D eigenvalue weighted by atomic mass is 35.5. The molecule has 0 amide bonds. The van der Waals surface area contributed by atoms with Gasteiger partial charge >= 0.3 is 0 Å². The minimum Gasteiger partial charge on any atom is -0.497 e. The summed E-state index contributed by atoms with van der Waals surface area (Å²) in [6.07, 6.45) is 0. The number of methoxy groups -OCH3 is 1. The molecule has 0 fully saturated rings. The lowest BCUT2D eigenvalue weighted by Gasteiger charge is -2.09. The van der Waals surface area contributed by atoms with Crippen molar-refractivity contribution in [3.05, 3.63) is 28.3 Å². The highest BCUT2D eigenvalue weighted by Gasteiger charge is 2.04. The minimum absolute atomic E-state index is 0.754. The fourth-order valence-electron chi connectivity index (χ4n) is 1.20. The molecular weight excluding hydrogens is 186 g/mol. The molecule has 0 aliphatic heterocycles. The Labute approximate surface area is 83.9 Å². The summed E-state index contributed by atoms with van der Waals surface area (Å²) in [4.78, 5) is 0. The van der Waals surface area contributed by atoms with Crippen LogP contribution in [0.5, 0.6) is 5.75 Å². The third kappa shape index (κ3) is 2.36. The van der Waals surface area contributed by atoms with Gasteiger partial charge in [-0.1, -0.05) is 11.6 Å². The Morgan fingerprint density at radius 2 is 2.15 bits per heavy atom. The van der Waals surface area contributed by atoms with Crippen molar-refractivity contribution in [1.29, 1.82) is 0 Å². The van der Waals surface area contributed by atoms with E-state index in [2.05, 4.69) is 5.32 Å². The second kappa shape index (κ2) is 4.49. The van der Waals surface area contributed by atoms with Crippen molar-refractivity contribution in [2.75, 3.05) is 14.2 Å². The standard InChI is InChI=1S/C10H14ClNO/c1-7-8(6-12-2)4-9(13-3)5-10(7)11/h4-5,12H,6H2,1-3H3. The van der Waals surface area contributed by atoms with Gasteiger partial charge < -0.3 is 10.1 Å². The zero-order chi connectivity index (χ0) is 9.84. The Bertz CT molecular complexity index is 299. The Balaban J connectivity index is 3.09. The average molecular weight is 200 g/mol. The van der Waals surface area contributed by atoms with Crippen molar-refractivity contribution in [1.82, 2.24) is 5.32 Å². The molecule has 0 bridgehead atoms. The van der Waals surface area contributed by atoms with E-state index in [1.807, 2.05) is 26.1 Å². The molecule has 0 unspecified atom stereocenters.